The van der Waals surface area contributed by atoms with E-state index < -0.39 is 9.84 Å². The smallest absolute Gasteiger partial charge is 0.179 e. The second-order valence-electron chi connectivity index (χ2n) is 5.12. The van der Waals surface area contributed by atoms with Crippen LogP contribution in [0.2, 0.25) is 0 Å². The molecule has 1 heterocycles. The zero-order valence-electron chi connectivity index (χ0n) is 11.0. The minimum Gasteiger partial charge on any atom is -0.393 e. The van der Waals surface area contributed by atoms with E-state index in [4.69, 9.17) is 0 Å². The summed E-state index contributed by atoms with van der Waals surface area (Å²) in [6, 6.07) is 3.15. The summed E-state index contributed by atoms with van der Waals surface area (Å²) in [7, 11) is -3.29. The Kier molecular flexibility index (Phi) is 4.42. The molecule has 1 aliphatic carbocycles. The molecule has 2 rings (SSSR count). The summed E-state index contributed by atoms with van der Waals surface area (Å²) in [5, 5.41) is 13.0. The van der Waals surface area contributed by atoms with Crippen LogP contribution in [0.5, 0.6) is 0 Å². The summed E-state index contributed by atoms with van der Waals surface area (Å²) in [5.41, 5.74) is 0. The third-order valence-electron chi connectivity index (χ3n) is 3.57. The molecule has 0 saturated heterocycles. The van der Waals surface area contributed by atoms with Gasteiger partial charge in [0.1, 0.15) is 10.7 Å². The number of anilines is 1. The fourth-order valence-electron chi connectivity index (χ4n) is 2.48. The number of nitrogens with one attached hydrogen (secondary N) is 1. The summed E-state index contributed by atoms with van der Waals surface area (Å²) < 4.78 is 23.3. The lowest BCUT2D eigenvalue weighted by Crippen LogP contribution is -2.30. The molecule has 0 bridgehead atoms. The summed E-state index contributed by atoms with van der Waals surface area (Å²) in [6.45, 7) is 0.556. The Labute approximate surface area is 114 Å². The molecule has 0 radical (unpaired) electrons. The topological polar surface area (TPSA) is 79.3 Å². The number of nitrogens with zero attached hydrogens (tertiary/aromatic N) is 1. The number of aliphatic hydroxyl groups is 1. The van der Waals surface area contributed by atoms with Gasteiger partial charge < -0.3 is 10.4 Å². The highest BCUT2D eigenvalue weighted by atomic mass is 32.2. The van der Waals surface area contributed by atoms with Crippen molar-refractivity contribution in [2.45, 2.75) is 36.7 Å². The van der Waals surface area contributed by atoms with E-state index in [1.54, 1.807) is 18.3 Å². The molecular weight excluding hydrogens is 264 g/mol. The van der Waals surface area contributed by atoms with Crippen LogP contribution in [-0.2, 0) is 9.84 Å². The highest BCUT2D eigenvalue weighted by molar-refractivity contribution is 7.90. The van der Waals surface area contributed by atoms with E-state index in [1.807, 2.05) is 0 Å². The van der Waals surface area contributed by atoms with Gasteiger partial charge in [0.15, 0.2) is 9.84 Å². The summed E-state index contributed by atoms with van der Waals surface area (Å²) >= 11 is 0. The zero-order chi connectivity index (χ0) is 13.9. The lowest BCUT2D eigenvalue weighted by atomic mass is 9.86. The highest BCUT2D eigenvalue weighted by Crippen LogP contribution is 2.25. The maximum absolute atomic E-state index is 11.6. The standard InChI is InChI=1S/C13H20N2O3S/c1-19(17,18)12-7-4-8-14-13(12)15-9-10-5-2-3-6-11(10)16/h4,7-8,10-11,16H,2-3,5-6,9H2,1H3,(H,14,15). The molecule has 0 spiro atoms. The monoisotopic (exact) mass is 284 g/mol. The number of sulfone groups is 1. The number of pyridine rings is 1. The number of aromatic nitrogens is 1. The average molecular weight is 284 g/mol. The molecule has 5 nitrogen and oxygen atoms in total. The van der Waals surface area contributed by atoms with Gasteiger partial charge in [-0.3, -0.25) is 0 Å². The predicted molar refractivity (Wildman–Crippen MR) is 73.8 cm³/mol. The number of aliphatic hydroxyl groups excluding tert-OH is 1. The van der Waals surface area contributed by atoms with E-state index in [9.17, 15) is 13.5 Å². The molecule has 6 heteroatoms. The minimum absolute atomic E-state index is 0.170. The first-order chi connectivity index (χ1) is 8.98. The van der Waals surface area contributed by atoms with Gasteiger partial charge in [-0.2, -0.15) is 0 Å². The average Bonchev–Trinajstić information content (AvgIpc) is 2.37. The van der Waals surface area contributed by atoms with Gasteiger partial charge in [-0.15, -0.1) is 0 Å². The van der Waals surface area contributed by atoms with Crippen molar-refractivity contribution in [2.24, 2.45) is 5.92 Å². The maximum atomic E-state index is 11.6. The molecule has 1 aromatic rings. The molecule has 1 saturated carbocycles. The van der Waals surface area contributed by atoms with Gasteiger partial charge in [-0.25, -0.2) is 13.4 Å². The van der Waals surface area contributed by atoms with Crippen LogP contribution in [0.15, 0.2) is 23.2 Å². The Hall–Kier alpha value is -1.14. The van der Waals surface area contributed by atoms with Crippen LogP contribution in [-0.4, -0.2) is 37.4 Å². The van der Waals surface area contributed by atoms with Crippen LogP contribution in [0, 0.1) is 5.92 Å². The molecular formula is C13H20N2O3S. The molecule has 2 unspecified atom stereocenters. The summed E-state index contributed by atoms with van der Waals surface area (Å²) in [4.78, 5) is 4.29. The first kappa shape index (κ1) is 14.3. The molecule has 1 fully saturated rings. The first-order valence-corrected chi connectivity index (χ1v) is 8.44. The van der Waals surface area contributed by atoms with Crippen LogP contribution < -0.4 is 5.32 Å². The van der Waals surface area contributed by atoms with Crippen LogP contribution in [0.1, 0.15) is 25.7 Å². The minimum atomic E-state index is -3.29. The first-order valence-electron chi connectivity index (χ1n) is 6.55. The van der Waals surface area contributed by atoms with E-state index in [-0.39, 0.29) is 16.9 Å². The van der Waals surface area contributed by atoms with Crippen molar-refractivity contribution in [1.82, 2.24) is 4.98 Å². The molecule has 2 atom stereocenters. The Morgan fingerprint density at radius 3 is 2.84 bits per heavy atom. The molecule has 0 aromatic carbocycles. The van der Waals surface area contributed by atoms with Crippen LogP contribution >= 0.6 is 0 Å². The molecule has 2 N–H and O–H groups in total. The van der Waals surface area contributed by atoms with E-state index in [0.29, 0.717) is 12.4 Å². The van der Waals surface area contributed by atoms with Gasteiger partial charge >= 0.3 is 0 Å². The van der Waals surface area contributed by atoms with Crippen molar-refractivity contribution in [2.75, 3.05) is 18.1 Å². The zero-order valence-corrected chi connectivity index (χ0v) is 11.9. The van der Waals surface area contributed by atoms with Crippen LogP contribution in [0.4, 0.5) is 5.82 Å². The van der Waals surface area contributed by atoms with E-state index in [2.05, 4.69) is 10.3 Å². The fourth-order valence-corrected chi connectivity index (χ4v) is 3.28. The number of hydrogen-bond donors (Lipinski definition) is 2. The van der Waals surface area contributed by atoms with Crippen molar-refractivity contribution in [3.8, 4) is 0 Å². The van der Waals surface area contributed by atoms with E-state index in [0.717, 1.165) is 25.7 Å². The summed E-state index contributed by atoms with van der Waals surface area (Å²) in [5.74, 6) is 0.547. The van der Waals surface area contributed by atoms with Crippen molar-refractivity contribution in [1.29, 1.82) is 0 Å². The Bertz CT molecular complexity index is 530. The Morgan fingerprint density at radius 2 is 2.16 bits per heavy atom. The van der Waals surface area contributed by atoms with Crippen molar-refractivity contribution in [3.63, 3.8) is 0 Å². The molecule has 106 valence electrons. The SMILES string of the molecule is CS(=O)(=O)c1cccnc1NCC1CCCCC1O. The number of hydrogen-bond acceptors (Lipinski definition) is 5. The van der Waals surface area contributed by atoms with Gasteiger partial charge in [0.2, 0.25) is 0 Å². The van der Waals surface area contributed by atoms with E-state index >= 15 is 0 Å². The largest absolute Gasteiger partial charge is 0.393 e. The van der Waals surface area contributed by atoms with E-state index in [1.165, 1.54) is 6.26 Å². The van der Waals surface area contributed by atoms with Gasteiger partial charge in [0.05, 0.1) is 6.10 Å². The van der Waals surface area contributed by atoms with Crippen molar-refractivity contribution >= 4 is 15.7 Å². The normalized spacial score (nSPS) is 24.1. The Morgan fingerprint density at radius 1 is 1.42 bits per heavy atom. The Balaban J connectivity index is 2.07. The van der Waals surface area contributed by atoms with Gasteiger partial charge in [-0.1, -0.05) is 12.8 Å². The fraction of sp³-hybridized carbons (Fsp3) is 0.615. The molecule has 19 heavy (non-hydrogen) atoms. The second-order valence-corrected chi connectivity index (χ2v) is 7.10. The van der Waals surface area contributed by atoms with Gasteiger partial charge in [-0.05, 0) is 25.0 Å². The molecule has 0 amide bonds. The second kappa shape index (κ2) is 5.88. The number of rotatable bonds is 4. The lowest BCUT2D eigenvalue weighted by molar-refractivity contribution is 0.0762. The van der Waals surface area contributed by atoms with Crippen molar-refractivity contribution in [3.05, 3.63) is 18.3 Å². The third-order valence-corrected chi connectivity index (χ3v) is 4.70. The van der Waals surface area contributed by atoms with Crippen LogP contribution in [0.3, 0.4) is 0 Å². The predicted octanol–water partition coefficient (Wildman–Crippen LogP) is 1.45. The third kappa shape index (κ3) is 3.67. The lowest BCUT2D eigenvalue weighted by Gasteiger charge is -2.28. The quantitative estimate of drug-likeness (QED) is 0.875. The molecule has 1 aromatic heterocycles. The van der Waals surface area contributed by atoms with Crippen molar-refractivity contribution < 1.29 is 13.5 Å². The summed E-state index contributed by atoms with van der Waals surface area (Å²) in [6.07, 6.45) is 6.41. The molecule has 1 aliphatic rings. The molecule has 0 aliphatic heterocycles. The highest BCUT2D eigenvalue weighted by Gasteiger charge is 2.23. The maximum Gasteiger partial charge on any atom is 0.179 e. The van der Waals surface area contributed by atoms with Gasteiger partial charge in [0.25, 0.3) is 0 Å². The van der Waals surface area contributed by atoms with Gasteiger partial charge in [0, 0.05) is 24.9 Å². The van der Waals surface area contributed by atoms with Crippen LogP contribution in [0.25, 0.3) is 0 Å².